The van der Waals surface area contributed by atoms with Gasteiger partial charge < -0.3 is 10.1 Å². The molecule has 17 heavy (non-hydrogen) atoms. The predicted molar refractivity (Wildman–Crippen MR) is 68.9 cm³/mol. The van der Waals surface area contributed by atoms with Gasteiger partial charge in [-0.2, -0.15) is 0 Å². The Morgan fingerprint density at radius 2 is 1.82 bits per heavy atom. The molecule has 0 amide bonds. The van der Waals surface area contributed by atoms with Gasteiger partial charge in [0.25, 0.3) is 0 Å². The van der Waals surface area contributed by atoms with Crippen molar-refractivity contribution in [2.45, 2.75) is 46.3 Å². The standard InChI is InChI=1S/C13H23N3O/c1-6-7-12(17-5)13-15-9(2)11(8-14-4)10(3)16-13/h12,14H,6-8H2,1-5H3. The largest absolute Gasteiger partial charge is 0.373 e. The van der Waals surface area contributed by atoms with E-state index in [2.05, 4.69) is 22.2 Å². The van der Waals surface area contributed by atoms with Crippen molar-refractivity contribution in [3.05, 3.63) is 22.8 Å². The third-order valence-electron chi connectivity index (χ3n) is 2.91. The Balaban J connectivity index is 3.03. The minimum atomic E-state index is 0.0148. The summed E-state index contributed by atoms with van der Waals surface area (Å²) in [7, 11) is 3.65. The molecule has 0 saturated heterocycles. The first-order chi connectivity index (χ1) is 8.13. The molecule has 1 atom stereocenters. The lowest BCUT2D eigenvalue weighted by Gasteiger charge is -2.16. The molecule has 0 aliphatic rings. The molecule has 0 saturated carbocycles. The minimum absolute atomic E-state index is 0.0148. The highest BCUT2D eigenvalue weighted by Crippen LogP contribution is 2.20. The van der Waals surface area contributed by atoms with Crippen LogP contribution in [0.25, 0.3) is 0 Å². The molecular formula is C13H23N3O. The van der Waals surface area contributed by atoms with Crippen LogP contribution in [-0.4, -0.2) is 24.1 Å². The number of aromatic nitrogens is 2. The van der Waals surface area contributed by atoms with Gasteiger partial charge in [0, 0.05) is 30.6 Å². The second-order valence-corrected chi connectivity index (χ2v) is 4.27. The van der Waals surface area contributed by atoms with Crippen molar-refractivity contribution in [1.29, 1.82) is 0 Å². The third kappa shape index (κ3) is 3.48. The van der Waals surface area contributed by atoms with Crippen LogP contribution in [0, 0.1) is 13.8 Å². The molecule has 0 radical (unpaired) electrons. The van der Waals surface area contributed by atoms with Gasteiger partial charge in [-0.1, -0.05) is 13.3 Å². The fraction of sp³-hybridized carbons (Fsp3) is 0.692. The van der Waals surface area contributed by atoms with Crippen LogP contribution in [-0.2, 0) is 11.3 Å². The summed E-state index contributed by atoms with van der Waals surface area (Å²) < 4.78 is 5.45. The van der Waals surface area contributed by atoms with Crippen LogP contribution in [0.5, 0.6) is 0 Å². The maximum atomic E-state index is 5.45. The van der Waals surface area contributed by atoms with E-state index >= 15 is 0 Å². The maximum absolute atomic E-state index is 5.45. The Morgan fingerprint density at radius 1 is 1.24 bits per heavy atom. The summed E-state index contributed by atoms with van der Waals surface area (Å²) in [5.41, 5.74) is 3.27. The molecule has 96 valence electrons. The van der Waals surface area contributed by atoms with Gasteiger partial charge in [0.2, 0.25) is 0 Å². The number of methoxy groups -OCH3 is 1. The van der Waals surface area contributed by atoms with Gasteiger partial charge in [0.05, 0.1) is 0 Å². The van der Waals surface area contributed by atoms with E-state index in [1.807, 2.05) is 20.9 Å². The van der Waals surface area contributed by atoms with E-state index in [4.69, 9.17) is 4.74 Å². The second kappa shape index (κ2) is 6.67. The van der Waals surface area contributed by atoms with Crippen molar-refractivity contribution >= 4 is 0 Å². The lowest BCUT2D eigenvalue weighted by atomic mass is 10.1. The highest BCUT2D eigenvalue weighted by Gasteiger charge is 2.15. The summed E-state index contributed by atoms with van der Waals surface area (Å²) in [6, 6.07) is 0. The fourth-order valence-electron chi connectivity index (χ4n) is 1.96. The Bertz CT molecular complexity index is 343. The average molecular weight is 237 g/mol. The zero-order valence-electron chi connectivity index (χ0n) is 11.5. The van der Waals surface area contributed by atoms with Gasteiger partial charge in [-0.05, 0) is 27.3 Å². The summed E-state index contributed by atoms with van der Waals surface area (Å²) in [4.78, 5) is 9.13. The molecule has 0 aromatic carbocycles. The molecule has 1 rings (SSSR count). The van der Waals surface area contributed by atoms with E-state index in [0.29, 0.717) is 0 Å². The summed E-state index contributed by atoms with van der Waals surface area (Å²) in [5, 5.41) is 3.14. The first kappa shape index (κ1) is 14.1. The molecule has 0 spiro atoms. The van der Waals surface area contributed by atoms with Crippen LogP contribution in [0.3, 0.4) is 0 Å². The number of aryl methyl sites for hydroxylation is 2. The molecule has 0 bridgehead atoms. The van der Waals surface area contributed by atoms with Crippen molar-refractivity contribution in [2.75, 3.05) is 14.2 Å². The normalized spacial score (nSPS) is 12.8. The van der Waals surface area contributed by atoms with Gasteiger partial charge in [-0.25, -0.2) is 9.97 Å². The van der Waals surface area contributed by atoms with E-state index in [1.165, 1.54) is 5.56 Å². The Hall–Kier alpha value is -1.00. The van der Waals surface area contributed by atoms with E-state index in [9.17, 15) is 0 Å². The zero-order valence-corrected chi connectivity index (χ0v) is 11.5. The number of hydrogen-bond donors (Lipinski definition) is 1. The molecule has 4 nitrogen and oxygen atoms in total. The minimum Gasteiger partial charge on any atom is -0.373 e. The van der Waals surface area contributed by atoms with Crippen molar-refractivity contribution < 1.29 is 4.74 Å². The van der Waals surface area contributed by atoms with Gasteiger partial charge in [0.1, 0.15) is 6.10 Å². The molecule has 1 unspecified atom stereocenters. The second-order valence-electron chi connectivity index (χ2n) is 4.27. The summed E-state index contributed by atoms with van der Waals surface area (Å²) >= 11 is 0. The van der Waals surface area contributed by atoms with Crippen molar-refractivity contribution in [3.8, 4) is 0 Å². The monoisotopic (exact) mass is 237 g/mol. The van der Waals surface area contributed by atoms with Crippen molar-refractivity contribution in [3.63, 3.8) is 0 Å². The zero-order chi connectivity index (χ0) is 12.8. The Labute approximate surface area is 104 Å². The summed E-state index contributed by atoms with van der Waals surface area (Å²) in [6.45, 7) is 7.01. The van der Waals surface area contributed by atoms with Crippen LogP contribution in [0.4, 0.5) is 0 Å². The van der Waals surface area contributed by atoms with Crippen LogP contribution >= 0.6 is 0 Å². The van der Waals surface area contributed by atoms with Crippen molar-refractivity contribution in [2.24, 2.45) is 0 Å². The predicted octanol–water partition coefficient (Wildman–Crippen LogP) is 2.30. The molecule has 4 heteroatoms. The van der Waals surface area contributed by atoms with E-state index in [1.54, 1.807) is 7.11 Å². The number of nitrogens with zero attached hydrogens (tertiary/aromatic N) is 2. The quantitative estimate of drug-likeness (QED) is 0.824. The number of rotatable bonds is 6. The lowest BCUT2D eigenvalue weighted by Crippen LogP contribution is -2.15. The topological polar surface area (TPSA) is 47.0 Å². The molecule has 0 aliphatic carbocycles. The lowest BCUT2D eigenvalue weighted by molar-refractivity contribution is 0.0872. The Kier molecular flexibility index (Phi) is 5.51. The van der Waals surface area contributed by atoms with E-state index < -0.39 is 0 Å². The summed E-state index contributed by atoms with van der Waals surface area (Å²) in [5.74, 6) is 0.809. The average Bonchev–Trinajstić information content (AvgIpc) is 2.30. The number of ether oxygens (including phenoxy) is 1. The van der Waals surface area contributed by atoms with Crippen LogP contribution in [0.15, 0.2) is 0 Å². The van der Waals surface area contributed by atoms with Crippen LogP contribution in [0.1, 0.15) is 48.6 Å². The molecule has 1 aromatic rings. The van der Waals surface area contributed by atoms with Gasteiger partial charge in [-0.15, -0.1) is 0 Å². The first-order valence-electron chi connectivity index (χ1n) is 6.15. The fourth-order valence-corrected chi connectivity index (χ4v) is 1.96. The van der Waals surface area contributed by atoms with E-state index in [-0.39, 0.29) is 6.10 Å². The number of hydrogen-bond acceptors (Lipinski definition) is 4. The van der Waals surface area contributed by atoms with Gasteiger partial charge in [-0.3, -0.25) is 0 Å². The highest BCUT2D eigenvalue weighted by molar-refractivity contribution is 5.24. The smallest absolute Gasteiger partial charge is 0.157 e. The van der Waals surface area contributed by atoms with Gasteiger partial charge in [0.15, 0.2) is 5.82 Å². The summed E-state index contributed by atoms with van der Waals surface area (Å²) in [6.07, 6.45) is 2.04. The highest BCUT2D eigenvalue weighted by atomic mass is 16.5. The SMILES string of the molecule is CCCC(OC)c1nc(C)c(CNC)c(C)n1. The van der Waals surface area contributed by atoms with Crippen LogP contribution in [0.2, 0.25) is 0 Å². The molecular weight excluding hydrogens is 214 g/mol. The van der Waals surface area contributed by atoms with Crippen LogP contribution < -0.4 is 5.32 Å². The molecule has 1 aromatic heterocycles. The molecule has 1 heterocycles. The maximum Gasteiger partial charge on any atom is 0.157 e. The first-order valence-corrected chi connectivity index (χ1v) is 6.15. The number of nitrogens with one attached hydrogen (secondary N) is 1. The molecule has 1 N–H and O–H groups in total. The van der Waals surface area contributed by atoms with Gasteiger partial charge >= 0.3 is 0 Å². The van der Waals surface area contributed by atoms with Crippen molar-refractivity contribution in [1.82, 2.24) is 15.3 Å². The molecule has 0 aliphatic heterocycles. The third-order valence-corrected chi connectivity index (χ3v) is 2.91. The Morgan fingerprint density at radius 3 is 2.24 bits per heavy atom. The van der Waals surface area contributed by atoms with E-state index in [0.717, 1.165) is 36.6 Å². The molecule has 0 fully saturated rings.